The van der Waals surface area contributed by atoms with Crippen LogP contribution in [0.2, 0.25) is 5.02 Å². The van der Waals surface area contributed by atoms with Gasteiger partial charge in [-0.25, -0.2) is 5.43 Å². The normalized spacial score (nSPS) is 12.4. The van der Waals surface area contributed by atoms with Gasteiger partial charge in [-0.05, 0) is 31.5 Å². The van der Waals surface area contributed by atoms with E-state index < -0.39 is 0 Å². The Balaban J connectivity index is 1.54. The largest absolute Gasteiger partial charge is 0.483 e. The maximum atomic E-state index is 11.8. The molecule has 1 heterocycles. The predicted octanol–water partition coefficient (Wildman–Crippen LogP) is 3.21. The molecule has 25 heavy (non-hydrogen) atoms. The monoisotopic (exact) mass is 360 g/mol. The van der Waals surface area contributed by atoms with Crippen LogP contribution < -0.4 is 19.6 Å². The Bertz CT molecular complexity index is 836. The van der Waals surface area contributed by atoms with E-state index in [2.05, 4.69) is 10.5 Å². The van der Waals surface area contributed by atoms with Gasteiger partial charge in [0, 0.05) is 11.6 Å². The number of nitrogens with zero attached hydrogens (tertiary/aromatic N) is 1. The summed E-state index contributed by atoms with van der Waals surface area (Å²) in [4.78, 5) is 11.8. The Kier molecular flexibility index (Phi) is 5.09. The zero-order chi connectivity index (χ0) is 17.8. The van der Waals surface area contributed by atoms with Crippen molar-refractivity contribution in [3.63, 3.8) is 0 Å². The third kappa shape index (κ3) is 4.22. The van der Waals surface area contributed by atoms with Gasteiger partial charge in [0.1, 0.15) is 5.75 Å². The second-order valence-corrected chi connectivity index (χ2v) is 5.98. The molecule has 0 radical (unpaired) electrons. The minimum atomic E-state index is -0.368. The van der Waals surface area contributed by atoms with Crippen LogP contribution in [0.4, 0.5) is 0 Å². The molecule has 0 aromatic heterocycles. The number of hydrogen-bond acceptors (Lipinski definition) is 5. The number of hydrazone groups is 1. The number of nitrogens with one attached hydrogen (secondary N) is 1. The number of fused-ring (bicyclic) bond motifs is 1. The van der Waals surface area contributed by atoms with Gasteiger partial charge in [0.2, 0.25) is 6.79 Å². The van der Waals surface area contributed by atoms with Gasteiger partial charge in [-0.3, -0.25) is 4.79 Å². The molecule has 1 aliphatic heterocycles. The highest BCUT2D eigenvalue weighted by molar-refractivity contribution is 6.33. The number of ether oxygens (including phenoxy) is 3. The minimum absolute atomic E-state index is 0.129. The molecule has 130 valence electrons. The lowest BCUT2D eigenvalue weighted by atomic mass is 10.1. The van der Waals surface area contributed by atoms with E-state index in [1.165, 1.54) is 6.21 Å². The number of carbonyl (C=O) groups excluding carboxylic acids is 1. The number of carbonyl (C=O) groups is 1. The van der Waals surface area contributed by atoms with Gasteiger partial charge in [-0.15, -0.1) is 0 Å². The predicted molar refractivity (Wildman–Crippen MR) is 94.7 cm³/mol. The first-order valence-corrected chi connectivity index (χ1v) is 8.02. The number of hydrogen-bond donors (Lipinski definition) is 1. The van der Waals surface area contributed by atoms with Crippen molar-refractivity contribution in [2.45, 2.75) is 13.8 Å². The van der Waals surface area contributed by atoms with Crippen LogP contribution in [0.25, 0.3) is 0 Å². The molecule has 0 atom stereocenters. The zero-order valence-electron chi connectivity index (χ0n) is 13.8. The first-order chi connectivity index (χ1) is 12.0. The topological polar surface area (TPSA) is 69.2 Å². The van der Waals surface area contributed by atoms with Crippen molar-refractivity contribution in [1.82, 2.24) is 5.43 Å². The van der Waals surface area contributed by atoms with Crippen LogP contribution in [-0.4, -0.2) is 25.5 Å². The fraction of sp³-hybridized carbons (Fsp3) is 0.222. The van der Waals surface area contributed by atoms with E-state index in [0.29, 0.717) is 27.8 Å². The third-order valence-electron chi connectivity index (χ3n) is 3.57. The lowest BCUT2D eigenvalue weighted by Crippen LogP contribution is -2.24. The van der Waals surface area contributed by atoms with Crippen LogP contribution in [-0.2, 0) is 4.79 Å². The van der Waals surface area contributed by atoms with E-state index in [1.807, 2.05) is 32.0 Å². The Morgan fingerprint density at radius 1 is 1.28 bits per heavy atom. The molecule has 0 spiro atoms. The standard InChI is InChI=1S/C18H17ClN2O4/c1-11-3-4-15(12(2)5-11)23-9-18(22)21-20-8-13-6-16-17(7-14(13)19)25-10-24-16/h3-8H,9-10H2,1-2H3,(H,21,22)/b20-8+. The fourth-order valence-corrected chi connectivity index (χ4v) is 2.54. The van der Waals surface area contributed by atoms with Gasteiger partial charge in [0.15, 0.2) is 18.1 Å². The van der Waals surface area contributed by atoms with Crippen LogP contribution in [0, 0.1) is 13.8 Å². The maximum Gasteiger partial charge on any atom is 0.277 e. The average Bonchev–Trinajstić information content (AvgIpc) is 3.01. The molecule has 1 amide bonds. The van der Waals surface area contributed by atoms with E-state index in [4.69, 9.17) is 25.8 Å². The Morgan fingerprint density at radius 3 is 2.80 bits per heavy atom. The first-order valence-electron chi connectivity index (χ1n) is 7.64. The SMILES string of the molecule is Cc1ccc(OCC(=O)N/N=C/c2cc3c(cc2Cl)OCO3)c(C)c1. The summed E-state index contributed by atoms with van der Waals surface area (Å²) in [5.74, 6) is 1.49. The van der Waals surface area contributed by atoms with E-state index in [9.17, 15) is 4.79 Å². The fourth-order valence-electron chi connectivity index (χ4n) is 2.34. The Hall–Kier alpha value is -2.73. The maximum absolute atomic E-state index is 11.8. The van der Waals surface area contributed by atoms with Crippen LogP contribution in [0.15, 0.2) is 35.4 Å². The second kappa shape index (κ2) is 7.44. The summed E-state index contributed by atoms with van der Waals surface area (Å²) in [7, 11) is 0. The third-order valence-corrected chi connectivity index (χ3v) is 3.90. The second-order valence-electron chi connectivity index (χ2n) is 5.58. The molecule has 0 bridgehead atoms. The molecule has 1 N–H and O–H groups in total. The molecule has 2 aromatic carbocycles. The number of amides is 1. The van der Waals surface area contributed by atoms with E-state index in [1.54, 1.807) is 12.1 Å². The molecular formula is C18H17ClN2O4. The van der Waals surface area contributed by atoms with Crippen LogP contribution >= 0.6 is 11.6 Å². The van der Waals surface area contributed by atoms with Crippen LogP contribution in [0.5, 0.6) is 17.2 Å². The quantitative estimate of drug-likeness (QED) is 0.656. The summed E-state index contributed by atoms with van der Waals surface area (Å²) in [5.41, 5.74) is 5.13. The zero-order valence-corrected chi connectivity index (χ0v) is 14.6. The van der Waals surface area contributed by atoms with Crippen molar-refractivity contribution in [2.75, 3.05) is 13.4 Å². The summed E-state index contributed by atoms with van der Waals surface area (Å²) in [6.45, 7) is 3.97. The van der Waals surface area contributed by atoms with Gasteiger partial charge in [-0.1, -0.05) is 29.3 Å². The highest BCUT2D eigenvalue weighted by atomic mass is 35.5. The lowest BCUT2D eigenvalue weighted by molar-refractivity contribution is -0.123. The van der Waals surface area contributed by atoms with Gasteiger partial charge < -0.3 is 14.2 Å². The molecule has 0 fully saturated rings. The summed E-state index contributed by atoms with van der Waals surface area (Å²) in [6, 6.07) is 9.11. The lowest BCUT2D eigenvalue weighted by Gasteiger charge is -2.08. The number of benzene rings is 2. The number of halogens is 1. The average molecular weight is 361 g/mol. The summed E-state index contributed by atoms with van der Waals surface area (Å²) < 4.78 is 16.0. The van der Waals surface area contributed by atoms with Crippen LogP contribution in [0.3, 0.4) is 0 Å². The Morgan fingerprint density at radius 2 is 2.04 bits per heavy atom. The van der Waals surface area contributed by atoms with E-state index in [0.717, 1.165) is 11.1 Å². The molecule has 0 aliphatic carbocycles. The highest BCUT2D eigenvalue weighted by Gasteiger charge is 2.15. The van der Waals surface area contributed by atoms with Gasteiger partial charge in [0.05, 0.1) is 11.2 Å². The van der Waals surface area contributed by atoms with Crippen molar-refractivity contribution in [3.8, 4) is 17.2 Å². The van der Waals surface area contributed by atoms with Crippen molar-refractivity contribution in [2.24, 2.45) is 5.10 Å². The number of aryl methyl sites for hydroxylation is 2. The highest BCUT2D eigenvalue weighted by Crippen LogP contribution is 2.36. The first kappa shape index (κ1) is 17.1. The molecule has 2 aromatic rings. The van der Waals surface area contributed by atoms with Crippen molar-refractivity contribution in [3.05, 3.63) is 52.0 Å². The smallest absolute Gasteiger partial charge is 0.277 e. The summed E-state index contributed by atoms with van der Waals surface area (Å²) in [5, 5.41) is 4.34. The van der Waals surface area contributed by atoms with Crippen molar-refractivity contribution in [1.29, 1.82) is 0 Å². The van der Waals surface area contributed by atoms with Gasteiger partial charge >= 0.3 is 0 Å². The molecule has 6 nitrogen and oxygen atoms in total. The summed E-state index contributed by atoms with van der Waals surface area (Å²) >= 11 is 6.13. The van der Waals surface area contributed by atoms with Crippen molar-refractivity contribution >= 4 is 23.7 Å². The Labute approximate surface area is 150 Å². The molecule has 0 saturated heterocycles. The molecular weight excluding hydrogens is 344 g/mol. The van der Waals surface area contributed by atoms with Crippen LogP contribution in [0.1, 0.15) is 16.7 Å². The van der Waals surface area contributed by atoms with E-state index in [-0.39, 0.29) is 19.3 Å². The van der Waals surface area contributed by atoms with Gasteiger partial charge in [0.25, 0.3) is 5.91 Å². The molecule has 0 unspecified atom stereocenters. The molecule has 0 saturated carbocycles. The summed E-state index contributed by atoms with van der Waals surface area (Å²) in [6.07, 6.45) is 1.44. The number of rotatable bonds is 5. The van der Waals surface area contributed by atoms with E-state index >= 15 is 0 Å². The minimum Gasteiger partial charge on any atom is -0.483 e. The molecule has 1 aliphatic rings. The molecule has 7 heteroatoms. The molecule has 3 rings (SSSR count). The van der Waals surface area contributed by atoms with Crippen molar-refractivity contribution < 1.29 is 19.0 Å². The van der Waals surface area contributed by atoms with Gasteiger partial charge in [-0.2, -0.15) is 5.10 Å².